The number of carbonyl (C=O) groups is 3. The molecule has 1 aliphatic heterocycles. The molecule has 9 heteroatoms. The molecule has 0 radical (unpaired) electrons. The van der Waals surface area contributed by atoms with Crippen LogP contribution in [0.5, 0.6) is 0 Å². The lowest BCUT2D eigenvalue weighted by molar-refractivity contribution is 0.191. The summed E-state index contributed by atoms with van der Waals surface area (Å²) in [5.41, 5.74) is 0. The van der Waals surface area contributed by atoms with Gasteiger partial charge in [-0.3, -0.25) is 0 Å². The molecule has 1 fully saturated rings. The van der Waals surface area contributed by atoms with Gasteiger partial charge >= 0.3 is 18.1 Å². The molecule has 4 atom stereocenters. The highest BCUT2D eigenvalue weighted by molar-refractivity contribution is 5.82. The number of nitrogens with zero attached hydrogens (tertiary/aromatic N) is 2. The van der Waals surface area contributed by atoms with E-state index in [2.05, 4.69) is 21.3 Å². The van der Waals surface area contributed by atoms with E-state index in [0.29, 0.717) is 0 Å². The summed E-state index contributed by atoms with van der Waals surface area (Å²) >= 11 is 0. The van der Waals surface area contributed by atoms with E-state index in [0.717, 1.165) is 12.8 Å². The Kier molecular flexibility index (Phi) is 7.12. The van der Waals surface area contributed by atoms with E-state index in [9.17, 15) is 14.4 Å². The zero-order valence-electron chi connectivity index (χ0n) is 15.3. The molecule has 4 N–H and O–H groups in total. The van der Waals surface area contributed by atoms with Crippen molar-refractivity contribution in [3.8, 4) is 0 Å². The minimum atomic E-state index is -0.658. The number of urea groups is 3. The van der Waals surface area contributed by atoms with Crippen molar-refractivity contribution < 1.29 is 14.4 Å². The highest BCUT2D eigenvalue weighted by atomic mass is 16.2. The quantitative estimate of drug-likeness (QED) is 0.574. The molecule has 0 bridgehead atoms. The Bertz CT molecular complexity index is 432. The summed E-state index contributed by atoms with van der Waals surface area (Å²) in [7, 11) is 3.17. The second kappa shape index (κ2) is 8.60. The van der Waals surface area contributed by atoms with Crippen LogP contribution >= 0.6 is 0 Å². The van der Waals surface area contributed by atoms with Crippen LogP contribution in [-0.4, -0.2) is 66.4 Å². The van der Waals surface area contributed by atoms with Gasteiger partial charge in [-0.2, -0.15) is 0 Å². The third kappa shape index (κ3) is 4.90. The fraction of sp³-hybridized carbons (Fsp3) is 0.800. The lowest BCUT2D eigenvalue weighted by Gasteiger charge is -2.28. The SMILES string of the molecule is CC[C@@H](C)NC(=O)N[C@H]1[C@@H](NC(=O)N[C@@H](C)CC)N(C)C(=O)N1C. The zero-order valence-corrected chi connectivity index (χ0v) is 15.3. The van der Waals surface area contributed by atoms with Crippen molar-refractivity contribution in [3.05, 3.63) is 0 Å². The molecule has 0 aromatic heterocycles. The van der Waals surface area contributed by atoms with Gasteiger partial charge in [0.15, 0.2) is 0 Å². The maximum absolute atomic E-state index is 12.2. The van der Waals surface area contributed by atoms with Crippen molar-refractivity contribution in [1.82, 2.24) is 31.1 Å². The van der Waals surface area contributed by atoms with Gasteiger partial charge < -0.3 is 31.1 Å². The van der Waals surface area contributed by atoms with E-state index in [4.69, 9.17) is 0 Å². The van der Waals surface area contributed by atoms with Crippen molar-refractivity contribution in [1.29, 1.82) is 0 Å². The van der Waals surface area contributed by atoms with Crippen LogP contribution in [0.25, 0.3) is 0 Å². The first-order valence-electron chi connectivity index (χ1n) is 8.34. The van der Waals surface area contributed by atoms with Crippen LogP contribution in [0.2, 0.25) is 0 Å². The molecule has 1 rings (SSSR count). The summed E-state index contributed by atoms with van der Waals surface area (Å²) in [6.07, 6.45) is 0.279. The smallest absolute Gasteiger partial charge is 0.323 e. The van der Waals surface area contributed by atoms with Gasteiger partial charge in [-0.25, -0.2) is 14.4 Å². The molecule has 0 unspecified atom stereocenters. The Morgan fingerprint density at radius 2 is 1.25 bits per heavy atom. The first-order chi connectivity index (χ1) is 11.2. The lowest BCUT2D eigenvalue weighted by Crippen LogP contribution is -2.60. The number of nitrogens with one attached hydrogen (secondary N) is 4. The van der Waals surface area contributed by atoms with Crippen LogP contribution < -0.4 is 21.3 Å². The van der Waals surface area contributed by atoms with Gasteiger partial charge in [0, 0.05) is 26.2 Å². The van der Waals surface area contributed by atoms with Gasteiger partial charge in [0.1, 0.15) is 12.3 Å². The first kappa shape index (κ1) is 19.9. The van der Waals surface area contributed by atoms with Gasteiger partial charge in [0.05, 0.1) is 0 Å². The van der Waals surface area contributed by atoms with E-state index in [1.54, 1.807) is 14.1 Å². The van der Waals surface area contributed by atoms with Crippen molar-refractivity contribution in [3.63, 3.8) is 0 Å². The number of carbonyl (C=O) groups excluding carboxylic acids is 3. The standard InChI is InChI=1S/C15H30N6O3/c1-7-9(3)16-13(22)18-11-12(21(6)15(24)20(11)5)19-14(23)17-10(4)8-2/h9-12H,7-8H2,1-6H3,(H2,16,18,22)(H2,17,19,23)/t9-,10+,11-,12+. The van der Waals surface area contributed by atoms with Gasteiger partial charge in [-0.05, 0) is 26.7 Å². The minimum absolute atomic E-state index is 0.0188. The molecular weight excluding hydrogens is 312 g/mol. The van der Waals surface area contributed by atoms with Crippen molar-refractivity contribution in [2.75, 3.05) is 14.1 Å². The maximum atomic E-state index is 12.2. The predicted molar refractivity (Wildman–Crippen MR) is 91.3 cm³/mol. The molecule has 0 spiro atoms. The van der Waals surface area contributed by atoms with Crippen LogP contribution in [0.15, 0.2) is 0 Å². The first-order valence-corrected chi connectivity index (χ1v) is 8.34. The molecule has 6 amide bonds. The molecule has 0 aromatic carbocycles. The second-order valence-corrected chi connectivity index (χ2v) is 6.25. The molecule has 0 aliphatic carbocycles. The number of hydrogen-bond donors (Lipinski definition) is 4. The van der Waals surface area contributed by atoms with E-state index in [-0.39, 0.29) is 30.2 Å². The summed E-state index contributed by atoms with van der Waals surface area (Å²) < 4.78 is 0. The van der Waals surface area contributed by atoms with Gasteiger partial charge in [0.25, 0.3) is 0 Å². The molecule has 1 aliphatic rings. The molecule has 0 aromatic rings. The van der Waals surface area contributed by atoms with Gasteiger partial charge in [0.2, 0.25) is 0 Å². The highest BCUT2D eigenvalue weighted by Gasteiger charge is 2.43. The zero-order chi connectivity index (χ0) is 18.4. The Morgan fingerprint density at radius 1 is 0.917 bits per heavy atom. The van der Waals surface area contributed by atoms with Gasteiger partial charge in [-0.15, -0.1) is 0 Å². The molecule has 138 valence electrons. The van der Waals surface area contributed by atoms with E-state index in [1.165, 1.54) is 9.80 Å². The molecule has 1 saturated heterocycles. The average Bonchev–Trinajstić information content (AvgIpc) is 2.72. The van der Waals surface area contributed by atoms with Gasteiger partial charge in [-0.1, -0.05) is 13.8 Å². The molecule has 1 heterocycles. The number of hydrogen-bond acceptors (Lipinski definition) is 3. The largest absolute Gasteiger partial charge is 0.336 e. The number of rotatable bonds is 6. The molecule has 24 heavy (non-hydrogen) atoms. The van der Waals surface area contributed by atoms with Crippen molar-refractivity contribution in [2.45, 2.75) is 65.0 Å². The summed E-state index contributed by atoms with van der Waals surface area (Å²) in [4.78, 5) is 39.1. The fourth-order valence-corrected chi connectivity index (χ4v) is 2.27. The van der Waals surface area contributed by atoms with Crippen LogP contribution in [0, 0.1) is 0 Å². The summed E-state index contributed by atoms with van der Waals surface area (Å²) in [6, 6.07) is -0.995. The maximum Gasteiger partial charge on any atom is 0.323 e. The van der Waals surface area contributed by atoms with E-state index in [1.807, 2.05) is 27.7 Å². The Morgan fingerprint density at radius 3 is 1.54 bits per heavy atom. The Labute approximate surface area is 143 Å². The summed E-state index contributed by atoms with van der Waals surface area (Å²) in [6.45, 7) is 7.72. The van der Waals surface area contributed by atoms with Crippen molar-refractivity contribution in [2.24, 2.45) is 0 Å². The van der Waals surface area contributed by atoms with E-state index < -0.39 is 12.3 Å². The van der Waals surface area contributed by atoms with Crippen LogP contribution in [0.1, 0.15) is 40.5 Å². The van der Waals surface area contributed by atoms with E-state index >= 15 is 0 Å². The minimum Gasteiger partial charge on any atom is -0.336 e. The highest BCUT2D eigenvalue weighted by Crippen LogP contribution is 2.16. The normalized spacial score (nSPS) is 22.8. The Balaban J connectivity index is 2.76. The lowest BCUT2D eigenvalue weighted by atomic mass is 10.2. The van der Waals surface area contributed by atoms with Crippen LogP contribution in [0.4, 0.5) is 14.4 Å². The summed E-state index contributed by atoms with van der Waals surface area (Å²) in [5.74, 6) is 0. The summed E-state index contributed by atoms with van der Waals surface area (Å²) in [5, 5.41) is 11.1. The van der Waals surface area contributed by atoms with Crippen molar-refractivity contribution >= 4 is 18.1 Å². The number of amides is 6. The molecule has 0 saturated carbocycles. The fourth-order valence-electron chi connectivity index (χ4n) is 2.27. The molecule has 9 nitrogen and oxygen atoms in total. The topological polar surface area (TPSA) is 106 Å². The molecular formula is C15H30N6O3. The monoisotopic (exact) mass is 342 g/mol. The van der Waals surface area contributed by atoms with Crippen LogP contribution in [0.3, 0.4) is 0 Å². The third-order valence-electron chi connectivity index (χ3n) is 4.27. The number of likely N-dealkylation sites (N-methyl/N-ethyl adjacent to an activating group) is 2. The Hall–Kier alpha value is -2.19. The average molecular weight is 342 g/mol. The predicted octanol–water partition coefficient (Wildman–Crippen LogP) is 0.831. The second-order valence-electron chi connectivity index (χ2n) is 6.25. The van der Waals surface area contributed by atoms with Crippen LogP contribution in [-0.2, 0) is 0 Å². The third-order valence-corrected chi connectivity index (χ3v) is 4.27.